The summed E-state index contributed by atoms with van der Waals surface area (Å²) in [6, 6.07) is 0. The van der Waals surface area contributed by atoms with Gasteiger partial charge in [0.25, 0.3) is 0 Å². The number of rotatable bonds is 1. The molecule has 1 rings (SSSR count). The van der Waals surface area contributed by atoms with E-state index in [0.29, 0.717) is 12.2 Å². The van der Waals surface area contributed by atoms with E-state index in [1.54, 1.807) is 6.08 Å². The Morgan fingerprint density at radius 3 is 3.00 bits per heavy atom. The van der Waals surface area contributed by atoms with Crippen molar-refractivity contribution in [3.63, 3.8) is 0 Å². The highest BCUT2D eigenvalue weighted by molar-refractivity contribution is 6.16. The van der Waals surface area contributed by atoms with Crippen LogP contribution in [0, 0.1) is 0 Å². The van der Waals surface area contributed by atoms with Crippen molar-refractivity contribution in [1.82, 2.24) is 4.42 Å². The third-order valence-corrected chi connectivity index (χ3v) is 1.40. The Morgan fingerprint density at radius 2 is 2.56 bits per heavy atom. The highest BCUT2D eigenvalue weighted by atomic mass is 35.5. The second-order valence-corrected chi connectivity index (χ2v) is 2.09. The number of hydrogen-bond acceptors (Lipinski definition) is 2. The molecule has 0 amide bonds. The molecule has 1 heterocycles. The predicted molar refractivity (Wildman–Crippen MR) is 35.8 cm³/mol. The van der Waals surface area contributed by atoms with Crippen LogP contribution in [0.25, 0.3) is 0 Å². The Balaban J connectivity index is 2.74. The Kier molecular flexibility index (Phi) is 1.90. The van der Waals surface area contributed by atoms with E-state index < -0.39 is 0 Å². The van der Waals surface area contributed by atoms with Gasteiger partial charge in [0.1, 0.15) is 0 Å². The largest absolute Gasteiger partial charge is 0.296 e. The number of allylic oxidation sites excluding steroid dienone is 3. The molecule has 1 aliphatic rings. The fourth-order valence-electron chi connectivity index (χ4n) is 0.603. The van der Waals surface area contributed by atoms with E-state index in [9.17, 15) is 4.79 Å². The summed E-state index contributed by atoms with van der Waals surface area (Å²) in [7, 11) is 0. The first-order valence-corrected chi connectivity index (χ1v) is 2.93. The van der Waals surface area contributed by atoms with E-state index in [1.807, 2.05) is 12.2 Å². The molecule has 0 saturated heterocycles. The fraction of sp³-hybridized carbons (Fsp3) is 0.167. The summed E-state index contributed by atoms with van der Waals surface area (Å²) in [5.74, 6) is 0. The number of halogens is 1. The number of hydrogen-bond donors (Lipinski definition) is 0. The van der Waals surface area contributed by atoms with E-state index in [1.165, 1.54) is 4.42 Å². The van der Waals surface area contributed by atoms with Crippen molar-refractivity contribution in [3.8, 4) is 0 Å². The zero-order chi connectivity index (χ0) is 6.69. The number of aldehydes is 1. The van der Waals surface area contributed by atoms with Crippen LogP contribution in [0.2, 0.25) is 0 Å². The summed E-state index contributed by atoms with van der Waals surface area (Å²) < 4.78 is 1.37. The monoisotopic (exact) mass is 143 g/mol. The molecule has 0 aliphatic carbocycles. The standard InChI is InChI=1S/C6H6ClNO/c7-8-4-2-1-3-6(8)5-9/h1-3,5H,4H2. The maximum atomic E-state index is 10.1. The summed E-state index contributed by atoms with van der Waals surface area (Å²) in [4.78, 5) is 10.1. The minimum absolute atomic E-state index is 0.513. The second kappa shape index (κ2) is 2.69. The quantitative estimate of drug-likeness (QED) is 0.405. The highest BCUT2D eigenvalue weighted by Crippen LogP contribution is 2.08. The minimum atomic E-state index is 0.513. The molecule has 0 fully saturated rings. The first kappa shape index (κ1) is 6.36. The third-order valence-electron chi connectivity index (χ3n) is 1.07. The molecule has 1 aliphatic heterocycles. The van der Waals surface area contributed by atoms with Gasteiger partial charge in [-0.05, 0) is 6.08 Å². The molecule has 0 spiro atoms. The Hall–Kier alpha value is -0.760. The van der Waals surface area contributed by atoms with E-state index in [-0.39, 0.29) is 0 Å². The molecule has 48 valence electrons. The Morgan fingerprint density at radius 1 is 1.78 bits per heavy atom. The lowest BCUT2D eigenvalue weighted by molar-refractivity contribution is -0.105. The lowest BCUT2D eigenvalue weighted by atomic mass is 10.3. The van der Waals surface area contributed by atoms with Gasteiger partial charge in [0.2, 0.25) is 0 Å². The maximum absolute atomic E-state index is 10.1. The summed E-state index contributed by atoms with van der Waals surface area (Å²) in [5, 5.41) is 0. The topological polar surface area (TPSA) is 20.3 Å². The van der Waals surface area contributed by atoms with Crippen molar-refractivity contribution in [2.45, 2.75) is 0 Å². The molecular weight excluding hydrogens is 138 g/mol. The van der Waals surface area contributed by atoms with Gasteiger partial charge in [0, 0.05) is 11.8 Å². The van der Waals surface area contributed by atoms with Crippen molar-refractivity contribution in [3.05, 3.63) is 23.9 Å². The van der Waals surface area contributed by atoms with Crippen LogP contribution in [-0.4, -0.2) is 17.2 Å². The summed E-state index contributed by atoms with van der Waals surface area (Å²) in [6.07, 6.45) is 6.09. The van der Waals surface area contributed by atoms with Gasteiger partial charge in [-0.3, -0.25) is 9.21 Å². The van der Waals surface area contributed by atoms with Gasteiger partial charge in [-0.15, -0.1) is 0 Å². The van der Waals surface area contributed by atoms with Crippen molar-refractivity contribution >= 4 is 18.1 Å². The first-order chi connectivity index (χ1) is 4.34. The zero-order valence-electron chi connectivity index (χ0n) is 4.75. The molecule has 9 heavy (non-hydrogen) atoms. The molecule has 0 aromatic heterocycles. The van der Waals surface area contributed by atoms with Crippen LogP contribution < -0.4 is 0 Å². The van der Waals surface area contributed by atoms with Gasteiger partial charge in [-0.1, -0.05) is 12.2 Å². The number of nitrogens with zero attached hydrogens (tertiary/aromatic N) is 1. The molecule has 0 bridgehead atoms. The van der Waals surface area contributed by atoms with Gasteiger partial charge in [0.05, 0.1) is 12.2 Å². The van der Waals surface area contributed by atoms with Crippen LogP contribution in [0.1, 0.15) is 0 Å². The van der Waals surface area contributed by atoms with Crippen LogP contribution in [0.15, 0.2) is 23.9 Å². The minimum Gasteiger partial charge on any atom is -0.296 e. The molecule has 3 heteroatoms. The molecule has 0 unspecified atom stereocenters. The van der Waals surface area contributed by atoms with Crippen LogP contribution >= 0.6 is 11.8 Å². The SMILES string of the molecule is O=CC1=CC=CCN1Cl. The van der Waals surface area contributed by atoms with E-state index in [0.717, 1.165) is 6.29 Å². The van der Waals surface area contributed by atoms with Crippen LogP contribution in [0.4, 0.5) is 0 Å². The smallest absolute Gasteiger partial charge is 0.167 e. The van der Waals surface area contributed by atoms with Crippen molar-refractivity contribution in [2.24, 2.45) is 0 Å². The summed E-state index contributed by atoms with van der Waals surface area (Å²) in [5.41, 5.74) is 0.513. The number of carbonyl (C=O) groups excluding carboxylic acids is 1. The molecule has 0 atom stereocenters. The van der Waals surface area contributed by atoms with Gasteiger partial charge >= 0.3 is 0 Å². The third kappa shape index (κ3) is 1.33. The van der Waals surface area contributed by atoms with Crippen LogP contribution in [0.3, 0.4) is 0 Å². The molecule has 0 radical (unpaired) electrons. The predicted octanol–water partition coefficient (Wildman–Crippen LogP) is 1.09. The average Bonchev–Trinajstić information content (AvgIpc) is 1.89. The number of carbonyl (C=O) groups is 1. The van der Waals surface area contributed by atoms with E-state index >= 15 is 0 Å². The van der Waals surface area contributed by atoms with Gasteiger partial charge < -0.3 is 0 Å². The molecule has 0 aromatic rings. The van der Waals surface area contributed by atoms with Crippen molar-refractivity contribution in [2.75, 3.05) is 6.54 Å². The average molecular weight is 144 g/mol. The van der Waals surface area contributed by atoms with Crippen molar-refractivity contribution in [1.29, 1.82) is 0 Å². The van der Waals surface area contributed by atoms with Gasteiger partial charge in [-0.25, -0.2) is 0 Å². The highest BCUT2D eigenvalue weighted by Gasteiger charge is 2.04. The lowest BCUT2D eigenvalue weighted by Gasteiger charge is -2.14. The summed E-state index contributed by atoms with van der Waals surface area (Å²) in [6.45, 7) is 0.603. The first-order valence-electron chi connectivity index (χ1n) is 2.60. The van der Waals surface area contributed by atoms with Gasteiger partial charge in [0.15, 0.2) is 6.29 Å². The fourth-order valence-corrected chi connectivity index (χ4v) is 0.779. The Labute approximate surface area is 58.5 Å². The lowest BCUT2D eigenvalue weighted by Crippen LogP contribution is -2.14. The zero-order valence-corrected chi connectivity index (χ0v) is 5.51. The maximum Gasteiger partial charge on any atom is 0.167 e. The van der Waals surface area contributed by atoms with Crippen LogP contribution in [0.5, 0.6) is 0 Å². The molecule has 2 nitrogen and oxygen atoms in total. The molecule has 0 aromatic carbocycles. The van der Waals surface area contributed by atoms with Crippen LogP contribution in [-0.2, 0) is 4.79 Å². The molecule has 0 N–H and O–H groups in total. The Bertz CT molecular complexity index is 174. The van der Waals surface area contributed by atoms with Crippen molar-refractivity contribution < 1.29 is 4.79 Å². The van der Waals surface area contributed by atoms with E-state index in [4.69, 9.17) is 11.8 Å². The normalized spacial score (nSPS) is 17.4. The second-order valence-electron chi connectivity index (χ2n) is 1.68. The van der Waals surface area contributed by atoms with E-state index in [2.05, 4.69) is 0 Å². The summed E-state index contributed by atoms with van der Waals surface area (Å²) >= 11 is 5.57. The molecule has 0 saturated carbocycles. The van der Waals surface area contributed by atoms with Gasteiger partial charge in [-0.2, -0.15) is 0 Å². The molecular formula is C6H6ClNO.